The van der Waals surface area contributed by atoms with Crippen LogP contribution < -0.4 is 0 Å². The Hall–Kier alpha value is -1.91. The third-order valence-corrected chi connectivity index (χ3v) is 5.91. The van der Waals surface area contributed by atoms with E-state index >= 15 is 0 Å². The second-order valence-electron chi connectivity index (χ2n) is 7.35. The number of halogens is 1. The average Bonchev–Trinajstić information content (AvgIpc) is 2.78. The number of carbonyl (C=O) groups excluding carboxylic acids is 1. The van der Waals surface area contributed by atoms with Crippen LogP contribution in [0.25, 0.3) is 0 Å². The van der Waals surface area contributed by atoms with E-state index in [1.54, 1.807) is 6.92 Å². The van der Waals surface area contributed by atoms with Crippen LogP contribution in [0.2, 0.25) is 5.02 Å². The quantitative estimate of drug-likeness (QED) is 0.772. The van der Waals surface area contributed by atoms with Crippen molar-refractivity contribution in [1.82, 2.24) is 14.8 Å². The fourth-order valence-electron chi connectivity index (χ4n) is 4.44. The summed E-state index contributed by atoms with van der Waals surface area (Å²) in [6.45, 7) is 6.26. The second kappa shape index (κ2) is 7.01. The van der Waals surface area contributed by atoms with E-state index in [0.717, 1.165) is 43.2 Å². The molecule has 1 amide bonds. The Kier molecular flexibility index (Phi) is 4.72. The lowest BCUT2D eigenvalue weighted by Crippen LogP contribution is -2.54. The molecule has 5 heteroatoms. The molecule has 1 aliphatic heterocycles. The first-order valence-electron chi connectivity index (χ1n) is 9.28. The van der Waals surface area contributed by atoms with E-state index in [0.29, 0.717) is 0 Å². The predicted octanol–water partition coefficient (Wildman–Crippen LogP) is 3.48. The van der Waals surface area contributed by atoms with Crippen LogP contribution in [0.1, 0.15) is 42.3 Å². The zero-order chi connectivity index (χ0) is 18.3. The topological polar surface area (TPSA) is 36.4 Å². The molecule has 136 valence electrons. The van der Waals surface area contributed by atoms with Gasteiger partial charge in [-0.25, -0.2) is 0 Å². The largest absolute Gasteiger partial charge is 0.338 e. The molecule has 2 heterocycles. The summed E-state index contributed by atoms with van der Waals surface area (Å²) in [6.07, 6.45) is 3.85. The molecule has 1 aromatic carbocycles. The van der Waals surface area contributed by atoms with Crippen LogP contribution >= 0.6 is 11.6 Å². The minimum atomic E-state index is 0.123. The summed E-state index contributed by atoms with van der Waals surface area (Å²) in [5.74, 6) is 0.156. The highest BCUT2D eigenvalue weighted by molar-refractivity contribution is 6.30. The number of aromatic nitrogens is 1. The summed E-state index contributed by atoms with van der Waals surface area (Å²) < 4.78 is 0. The van der Waals surface area contributed by atoms with Gasteiger partial charge in [-0.05, 0) is 54.7 Å². The highest BCUT2D eigenvalue weighted by Crippen LogP contribution is 2.37. The Labute approximate surface area is 159 Å². The molecule has 0 bridgehead atoms. The fourth-order valence-corrected chi connectivity index (χ4v) is 4.64. The van der Waals surface area contributed by atoms with Gasteiger partial charge in [0.05, 0.1) is 11.7 Å². The molecule has 26 heavy (non-hydrogen) atoms. The Morgan fingerprint density at radius 2 is 2.00 bits per heavy atom. The molecule has 0 spiro atoms. The van der Waals surface area contributed by atoms with Gasteiger partial charge in [0, 0.05) is 43.8 Å². The van der Waals surface area contributed by atoms with Crippen molar-refractivity contribution in [3.63, 3.8) is 0 Å². The zero-order valence-electron chi connectivity index (χ0n) is 15.3. The van der Waals surface area contributed by atoms with Crippen molar-refractivity contribution in [2.45, 2.75) is 38.8 Å². The van der Waals surface area contributed by atoms with E-state index in [-0.39, 0.29) is 18.0 Å². The lowest BCUT2D eigenvalue weighted by molar-refractivity contribution is -0.133. The van der Waals surface area contributed by atoms with Gasteiger partial charge in [-0.2, -0.15) is 0 Å². The molecule has 2 aromatic rings. The molecule has 0 radical (unpaired) electrons. The number of carbonyl (C=O) groups is 1. The number of pyridine rings is 1. The van der Waals surface area contributed by atoms with Crippen LogP contribution in [-0.4, -0.2) is 46.4 Å². The fraction of sp³-hybridized carbons (Fsp3) is 0.429. The normalized spacial score (nSPS) is 23.1. The third kappa shape index (κ3) is 3.12. The third-order valence-electron chi connectivity index (χ3n) is 5.68. The number of piperazine rings is 1. The molecule has 4 nitrogen and oxygen atoms in total. The summed E-state index contributed by atoms with van der Waals surface area (Å²) in [5.41, 5.74) is 5.07. The SMILES string of the molecule is CC(=O)N1CCN(C2c3ccc(Cl)cc3CCc3cccnc32)CC1C. The van der Waals surface area contributed by atoms with Crippen LogP contribution in [0.15, 0.2) is 36.5 Å². The number of benzene rings is 1. The molecule has 2 unspecified atom stereocenters. The van der Waals surface area contributed by atoms with Gasteiger partial charge in [-0.3, -0.25) is 14.7 Å². The maximum Gasteiger partial charge on any atom is 0.219 e. The highest BCUT2D eigenvalue weighted by atomic mass is 35.5. The van der Waals surface area contributed by atoms with Gasteiger partial charge in [0.2, 0.25) is 5.91 Å². The Bertz CT molecular complexity index is 838. The number of hydrogen-bond donors (Lipinski definition) is 0. The summed E-state index contributed by atoms with van der Waals surface area (Å²) >= 11 is 6.28. The van der Waals surface area contributed by atoms with Gasteiger partial charge < -0.3 is 4.90 Å². The molecular weight excluding hydrogens is 346 g/mol. The summed E-state index contributed by atoms with van der Waals surface area (Å²) in [5, 5.41) is 0.788. The van der Waals surface area contributed by atoms with Crippen molar-refractivity contribution >= 4 is 17.5 Å². The molecule has 4 rings (SSSR count). The number of hydrogen-bond acceptors (Lipinski definition) is 3. The maximum absolute atomic E-state index is 11.9. The molecule has 0 saturated carbocycles. The molecule has 2 aliphatic rings. The molecule has 1 saturated heterocycles. The van der Waals surface area contributed by atoms with Crippen molar-refractivity contribution in [1.29, 1.82) is 0 Å². The summed E-state index contributed by atoms with van der Waals surface area (Å²) in [4.78, 5) is 21.1. The lowest BCUT2D eigenvalue weighted by Gasteiger charge is -2.43. The van der Waals surface area contributed by atoms with E-state index in [1.807, 2.05) is 23.2 Å². The van der Waals surface area contributed by atoms with Crippen molar-refractivity contribution in [2.75, 3.05) is 19.6 Å². The Morgan fingerprint density at radius 3 is 2.77 bits per heavy atom. The monoisotopic (exact) mass is 369 g/mol. The van der Waals surface area contributed by atoms with Crippen molar-refractivity contribution < 1.29 is 4.79 Å². The molecule has 1 fully saturated rings. The summed E-state index contributed by atoms with van der Waals surface area (Å²) in [6, 6.07) is 10.8. The van der Waals surface area contributed by atoms with Crippen LogP contribution in [0.3, 0.4) is 0 Å². The number of fused-ring (bicyclic) bond motifs is 2. The van der Waals surface area contributed by atoms with Gasteiger partial charge in [0.15, 0.2) is 0 Å². The molecule has 1 aromatic heterocycles. The van der Waals surface area contributed by atoms with Gasteiger partial charge in [-0.15, -0.1) is 0 Å². The Morgan fingerprint density at radius 1 is 1.19 bits per heavy atom. The predicted molar refractivity (Wildman–Crippen MR) is 103 cm³/mol. The second-order valence-corrected chi connectivity index (χ2v) is 7.79. The first-order chi connectivity index (χ1) is 12.5. The van der Waals surface area contributed by atoms with Crippen molar-refractivity contribution in [2.24, 2.45) is 0 Å². The van der Waals surface area contributed by atoms with Crippen LogP contribution in [0, 0.1) is 0 Å². The minimum Gasteiger partial charge on any atom is -0.338 e. The van der Waals surface area contributed by atoms with Gasteiger partial charge in [0.25, 0.3) is 0 Å². The van der Waals surface area contributed by atoms with E-state index in [1.165, 1.54) is 16.7 Å². The van der Waals surface area contributed by atoms with Crippen molar-refractivity contribution in [3.05, 3.63) is 63.9 Å². The number of rotatable bonds is 1. The molecule has 2 atom stereocenters. The van der Waals surface area contributed by atoms with E-state index in [9.17, 15) is 4.79 Å². The van der Waals surface area contributed by atoms with Crippen LogP contribution in [-0.2, 0) is 17.6 Å². The first-order valence-corrected chi connectivity index (χ1v) is 9.65. The van der Waals surface area contributed by atoms with Gasteiger partial charge >= 0.3 is 0 Å². The van der Waals surface area contributed by atoms with E-state index < -0.39 is 0 Å². The van der Waals surface area contributed by atoms with E-state index in [4.69, 9.17) is 16.6 Å². The van der Waals surface area contributed by atoms with E-state index in [2.05, 4.69) is 30.0 Å². The van der Waals surface area contributed by atoms with Crippen LogP contribution in [0.5, 0.6) is 0 Å². The number of nitrogens with zero attached hydrogens (tertiary/aromatic N) is 3. The summed E-state index contributed by atoms with van der Waals surface area (Å²) in [7, 11) is 0. The molecule has 1 aliphatic carbocycles. The minimum absolute atomic E-state index is 0.123. The van der Waals surface area contributed by atoms with Gasteiger partial charge in [0.1, 0.15) is 0 Å². The Balaban J connectivity index is 1.76. The smallest absolute Gasteiger partial charge is 0.219 e. The molecular formula is C21H24ClN3O. The van der Waals surface area contributed by atoms with Crippen LogP contribution in [0.4, 0.5) is 0 Å². The number of aryl methyl sites for hydroxylation is 2. The van der Waals surface area contributed by atoms with Crippen molar-refractivity contribution in [3.8, 4) is 0 Å². The zero-order valence-corrected chi connectivity index (χ0v) is 16.0. The number of amides is 1. The lowest BCUT2D eigenvalue weighted by atomic mass is 9.95. The highest BCUT2D eigenvalue weighted by Gasteiger charge is 2.34. The first kappa shape index (κ1) is 17.5. The average molecular weight is 370 g/mol. The van der Waals surface area contributed by atoms with Gasteiger partial charge in [-0.1, -0.05) is 23.7 Å². The maximum atomic E-state index is 11.9. The molecule has 0 N–H and O–H groups in total. The standard InChI is InChI=1S/C21H24ClN3O/c1-14-13-24(10-11-25(14)15(2)26)21-19-8-7-18(22)12-17(19)6-5-16-4-3-9-23-20(16)21/h3-4,7-9,12,14,21H,5-6,10-11,13H2,1-2H3.